The number of aliphatic hydroxyl groups is 1. The number of nitrogens with one attached hydrogen (secondary N) is 1. The van der Waals surface area contributed by atoms with Crippen molar-refractivity contribution < 1.29 is 24.5 Å². The van der Waals surface area contributed by atoms with Crippen LogP contribution < -0.4 is 5.32 Å². The van der Waals surface area contributed by atoms with E-state index < -0.39 is 24.1 Å². The summed E-state index contributed by atoms with van der Waals surface area (Å²) >= 11 is 0. The lowest BCUT2D eigenvalue weighted by atomic mass is 10.2. The lowest BCUT2D eigenvalue weighted by molar-refractivity contribution is -0.141. The molecule has 2 atom stereocenters. The van der Waals surface area contributed by atoms with Crippen LogP contribution in [0.1, 0.15) is 19.3 Å². The molecule has 7 nitrogen and oxygen atoms in total. The summed E-state index contributed by atoms with van der Waals surface area (Å²) in [5.41, 5.74) is 0. The van der Waals surface area contributed by atoms with Gasteiger partial charge in [-0.05, 0) is 12.8 Å². The number of nitrogens with zero attached hydrogens (tertiary/aromatic N) is 1. The first-order chi connectivity index (χ1) is 8.56. The van der Waals surface area contributed by atoms with Gasteiger partial charge in [-0.3, -0.25) is 0 Å². The standard InChI is InChI=1S/C11H20N2O5/c1-18-5-3-2-4-12-11(17)13-7-8(14)6-9(13)10(15)16/h8-9,14H,2-7H2,1H3,(H,12,17)(H,15,16)/t8-,9+/m1/s1. The van der Waals surface area contributed by atoms with Crippen LogP contribution in [0.4, 0.5) is 4.79 Å². The van der Waals surface area contributed by atoms with E-state index in [4.69, 9.17) is 9.84 Å². The number of aliphatic hydroxyl groups excluding tert-OH is 1. The number of ether oxygens (including phenoxy) is 1. The summed E-state index contributed by atoms with van der Waals surface area (Å²) < 4.78 is 4.88. The number of unbranched alkanes of at least 4 members (excludes halogenated alkanes) is 1. The normalized spacial score (nSPS) is 23.1. The molecular weight excluding hydrogens is 240 g/mol. The highest BCUT2D eigenvalue weighted by Crippen LogP contribution is 2.17. The predicted molar refractivity (Wildman–Crippen MR) is 63.3 cm³/mol. The summed E-state index contributed by atoms with van der Waals surface area (Å²) in [5.74, 6) is -1.08. The number of methoxy groups -OCH3 is 1. The fourth-order valence-corrected chi connectivity index (χ4v) is 1.94. The Labute approximate surface area is 106 Å². The largest absolute Gasteiger partial charge is 0.480 e. The van der Waals surface area contributed by atoms with Gasteiger partial charge in [-0.15, -0.1) is 0 Å². The fraction of sp³-hybridized carbons (Fsp3) is 0.818. The van der Waals surface area contributed by atoms with Crippen LogP contribution in [-0.4, -0.2) is 66.1 Å². The van der Waals surface area contributed by atoms with Crippen molar-refractivity contribution in [3.05, 3.63) is 0 Å². The van der Waals surface area contributed by atoms with E-state index in [0.29, 0.717) is 13.2 Å². The van der Waals surface area contributed by atoms with Crippen molar-refractivity contribution in [3.8, 4) is 0 Å². The highest BCUT2D eigenvalue weighted by molar-refractivity contribution is 5.83. The molecule has 0 saturated carbocycles. The number of rotatable bonds is 6. The maximum absolute atomic E-state index is 11.7. The van der Waals surface area contributed by atoms with Gasteiger partial charge in [0.25, 0.3) is 0 Å². The van der Waals surface area contributed by atoms with Gasteiger partial charge < -0.3 is 25.2 Å². The number of carboxylic acids is 1. The minimum atomic E-state index is -1.08. The van der Waals surface area contributed by atoms with Crippen LogP contribution in [0.3, 0.4) is 0 Å². The average Bonchev–Trinajstić information content (AvgIpc) is 2.71. The molecule has 18 heavy (non-hydrogen) atoms. The lowest BCUT2D eigenvalue weighted by Crippen LogP contribution is -2.46. The Morgan fingerprint density at radius 2 is 2.17 bits per heavy atom. The van der Waals surface area contributed by atoms with Crippen LogP contribution in [0.25, 0.3) is 0 Å². The van der Waals surface area contributed by atoms with Crippen molar-refractivity contribution in [1.29, 1.82) is 0 Å². The molecule has 1 rings (SSSR count). The molecule has 0 aromatic carbocycles. The van der Waals surface area contributed by atoms with Gasteiger partial charge in [0.2, 0.25) is 0 Å². The summed E-state index contributed by atoms with van der Waals surface area (Å²) in [6, 6.07) is -1.37. The molecule has 1 heterocycles. The Morgan fingerprint density at radius 3 is 2.78 bits per heavy atom. The Balaban J connectivity index is 2.33. The molecule has 1 fully saturated rings. The van der Waals surface area contributed by atoms with Gasteiger partial charge >= 0.3 is 12.0 Å². The Morgan fingerprint density at radius 1 is 1.44 bits per heavy atom. The molecular formula is C11H20N2O5. The van der Waals surface area contributed by atoms with Gasteiger partial charge in [-0.25, -0.2) is 9.59 Å². The number of carbonyl (C=O) groups is 2. The number of carbonyl (C=O) groups excluding carboxylic acids is 1. The van der Waals surface area contributed by atoms with Gasteiger partial charge in [-0.1, -0.05) is 0 Å². The van der Waals surface area contributed by atoms with E-state index in [2.05, 4.69) is 5.32 Å². The molecule has 3 N–H and O–H groups in total. The monoisotopic (exact) mass is 260 g/mol. The molecule has 104 valence electrons. The van der Waals surface area contributed by atoms with Gasteiger partial charge in [0, 0.05) is 33.2 Å². The lowest BCUT2D eigenvalue weighted by Gasteiger charge is -2.21. The molecule has 1 saturated heterocycles. The molecule has 0 aliphatic carbocycles. The molecule has 7 heteroatoms. The maximum atomic E-state index is 11.7. The van der Waals surface area contributed by atoms with Crippen LogP contribution in [-0.2, 0) is 9.53 Å². The van der Waals surface area contributed by atoms with E-state index in [0.717, 1.165) is 12.8 Å². The van der Waals surface area contributed by atoms with Crippen molar-refractivity contribution in [2.75, 3.05) is 26.8 Å². The quantitative estimate of drug-likeness (QED) is 0.566. The topological polar surface area (TPSA) is 99.1 Å². The molecule has 0 spiro atoms. The van der Waals surface area contributed by atoms with E-state index >= 15 is 0 Å². The maximum Gasteiger partial charge on any atom is 0.326 e. The zero-order chi connectivity index (χ0) is 13.5. The second-order valence-corrected chi connectivity index (χ2v) is 4.33. The van der Waals surface area contributed by atoms with E-state index in [1.54, 1.807) is 7.11 Å². The first-order valence-corrected chi connectivity index (χ1v) is 6.00. The number of amides is 2. The molecule has 0 unspecified atom stereocenters. The van der Waals surface area contributed by atoms with Crippen LogP contribution in [0.2, 0.25) is 0 Å². The number of carboxylic acid groups (broad SMARTS) is 1. The van der Waals surface area contributed by atoms with E-state index in [1.807, 2.05) is 0 Å². The van der Waals surface area contributed by atoms with E-state index in [9.17, 15) is 14.7 Å². The summed E-state index contributed by atoms with van der Waals surface area (Å²) in [6.45, 7) is 1.18. The number of β-amino-alcohol motifs (C(OH)–C–C–N with tert-alkyl or cyclic N) is 1. The van der Waals surface area contributed by atoms with Crippen LogP contribution in [0.15, 0.2) is 0 Å². The number of urea groups is 1. The Hall–Kier alpha value is -1.34. The summed E-state index contributed by atoms with van der Waals surface area (Å²) in [5, 5.41) is 21.0. The number of hydrogen-bond donors (Lipinski definition) is 3. The number of likely N-dealkylation sites (tertiary alicyclic amines) is 1. The second kappa shape index (κ2) is 7.17. The van der Waals surface area contributed by atoms with E-state index in [1.165, 1.54) is 4.90 Å². The van der Waals surface area contributed by atoms with Crippen LogP contribution >= 0.6 is 0 Å². The average molecular weight is 260 g/mol. The van der Waals surface area contributed by atoms with Crippen molar-refractivity contribution in [2.45, 2.75) is 31.4 Å². The molecule has 0 aromatic heterocycles. The molecule has 1 aliphatic rings. The first-order valence-electron chi connectivity index (χ1n) is 6.00. The highest BCUT2D eigenvalue weighted by Gasteiger charge is 2.38. The van der Waals surface area contributed by atoms with Crippen molar-refractivity contribution >= 4 is 12.0 Å². The predicted octanol–water partition coefficient (Wildman–Crippen LogP) is -0.358. The molecule has 0 bridgehead atoms. The SMILES string of the molecule is COCCCCNC(=O)N1C[C@H](O)C[C@H]1C(=O)O. The molecule has 2 amide bonds. The van der Waals surface area contributed by atoms with Gasteiger partial charge in [0.1, 0.15) is 6.04 Å². The molecule has 0 aromatic rings. The Kier molecular flexibility index (Phi) is 5.87. The second-order valence-electron chi connectivity index (χ2n) is 4.33. The zero-order valence-corrected chi connectivity index (χ0v) is 10.5. The van der Waals surface area contributed by atoms with Crippen molar-refractivity contribution in [3.63, 3.8) is 0 Å². The zero-order valence-electron chi connectivity index (χ0n) is 10.5. The van der Waals surface area contributed by atoms with E-state index in [-0.39, 0.29) is 13.0 Å². The smallest absolute Gasteiger partial charge is 0.326 e. The van der Waals surface area contributed by atoms with Gasteiger partial charge in [0.15, 0.2) is 0 Å². The highest BCUT2D eigenvalue weighted by atomic mass is 16.5. The summed E-state index contributed by atoms with van der Waals surface area (Å²) in [7, 11) is 1.61. The van der Waals surface area contributed by atoms with Crippen LogP contribution in [0.5, 0.6) is 0 Å². The minimum Gasteiger partial charge on any atom is -0.480 e. The third kappa shape index (κ3) is 4.15. The van der Waals surface area contributed by atoms with Crippen molar-refractivity contribution in [2.24, 2.45) is 0 Å². The third-order valence-electron chi connectivity index (χ3n) is 2.88. The summed E-state index contributed by atoms with van der Waals surface area (Å²) in [4.78, 5) is 23.8. The Bertz CT molecular complexity index is 297. The number of aliphatic carboxylic acids is 1. The fourth-order valence-electron chi connectivity index (χ4n) is 1.94. The minimum absolute atomic E-state index is 0.0703. The van der Waals surface area contributed by atoms with Crippen LogP contribution in [0, 0.1) is 0 Å². The first kappa shape index (κ1) is 14.7. The number of hydrogen-bond acceptors (Lipinski definition) is 4. The van der Waals surface area contributed by atoms with Crippen molar-refractivity contribution in [1.82, 2.24) is 10.2 Å². The van der Waals surface area contributed by atoms with Gasteiger partial charge in [0.05, 0.1) is 6.10 Å². The summed E-state index contributed by atoms with van der Waals surface area (Å²) in [6.07, 6.45) is 0.937. The molecule has 1 aliphatic heterocycles. The third-order valence-corrected chi connectivity index (χ3v) is 2.88. The van der Waals surface area contributed by atoms with Gasteiger partial charge in [-0.2, -0.15) is 0 Å². The molecule has 0 radical (unpaired) electrons.